The number of hydrogen-bond donors (Lipinski definition) is 0. The number of likely N-dealkylation sites (N-methyl/N-ethyl adjacent to an activating group) is 1. The lowest BCUT2D eigenvalue weighted by molar-refractivity contribution is -0.127. The Morgan fingerprint density at radius 1 is 1.06 bits per heavy atom. The lowest BCUT2D eigenvalue weighted by Gasteiger charge is -2.20. The molecule has 3 aromatic rings. The summed E-state index contributed by atoms with van der Waals surface area (Å²) < 4.78 is 32.9. The number of aromatic nitrogens is 5. The second kappa shape index (κ2) is 9.25. The Balaban J connectivity index is 1.44. The minimum absolute atomic E-state index is 0.0439. The summed E-state index contributed by atoms with van der Waals surface area (Å²) in [5, 5.41) is 16.5. The maximum atomic E-state index is 12.8. The van der Waals surface area contributed by atoms with Crippen LogP contribution in [0.2, 0.25) is 0 Å². The third-order valence-electron chi connectivity index (χ3n) is 5.33. The number of nitrogens with zero attached hydrogens (tertiary/aromatic N) is 7. The molecule has 0 N–H and O–H groups in total. The largest absolute Gasteiger partial charge is 0.470 e. The Labute approximate surface area is 183 Å². The smallest absolute Gasteiger partial charge is 0.263 e. The third kappa shape index (κ3) is 4.66. The van der Waals surface area contributed by atoms with Gasteiger partial charge in [-0.15, -0.1) is 15.3 Å². The van der Waals surface area contributed by atoms with Crippen LogP contribution in [0.3, 0.4) is 0 Å². The predicted octanol–water partition coefficient (Wildman–Crippen LogP) is 2.55. The molecule has 9 nitrogen and oxygen atoms in total. The Bertz CT molecular complexity index is 1070. The number of ether oxygens (including phenoxy) is 1. The molecule has 1 saturated heterocycles. The molecule has 2 aromatic heterocycles. The van der Waals surface area contributed by atoms with E-state index >= 15 is 0 Å². The number of amides is 1. The first-order valence-electron chi connectivity index (χ1n) is 10.2. The molecule has 4 rings (SSSR count). The second-order valence-corrected chi connectivity index (χ2v) is 7.53. The summed E-state index contributed by atoms with van der Waals surface area (Å²) in [6.45, 7) is 3.61. The maximum absolute atomic E-state index is 12.8. The lowest BCUT2D eigenvalue weighted by Crippen LogP contribution is -2.34. The first-order valence-corrected chi connectivity index (χ1v) is 10.2. The fourth-order valence-corrected chi connectivity index (χ4v) is 3.39. The quantitative estimate of drug-likeness (QED) is 0.578. The summed E-state index contributed by atoms with van der Waals surface area (Å²) in [5.74, 6) is 0.970. The van der Waals surface area contributed by atoms with Crippen LogP contribution in [0.15, 0.2) is 36.4 Å². The van der Waals surface area contributed by atoms with Gasteiger partial charge in [-0.1, -0.05) is 17.3 Å². The second-order valence-electron chi connectivity index (χ2n) is 7.53. The van der Waals surface area contributed by atoms with E-state index in [1.54, 1.807) is 47.8 Å². The van der Waals surface area contributed by atoms with Crippen molar-refractivity contribution in [2.45, 2.75) is 26.4 Å². The molecule has 0 saturated carbocycles. The normalized spacial score (nSPS) is 14.7. The SMILES string of the molecule is Cc1nnn(-c2ccc(C(F)F)cc2)c1COc1ccc(N2CCCN(C)C(=O)C2)nn1. The molecule has 1 fully saturated rings. The van der Waals surface area contributed by atoms with Gasteiger partial charge in [-0.2, -0.15) is 0 Å². The van der Waals surface area contributed by atoms with E-state index in [0.29, 0.717) is 28.8 Å². The monoisotopic (exact) mass is 443 g/mol. The Morgan fingerprint density at radius 2 is 1.84 bits per heavy atom. The van der Waals surface area contributed by atoms with E-state index in [0.717, 1.165) is 19.5 Å². The fraction of sp³-hybridized carbons (Fsp3) is 0.381. The van der Waals surface area contributed by atoms with Gasteiger partial charge in [0.1, 0.15) is 12.3 Å². The zero-order valence-corrected chi connectivity index (χ0v) is 17.8. The Hall–Kier alpha value is -3.63. The van der Waals surface area contributed by atoms with Gasteiger partial charge in [0.25, 0.3) is 6.43 Å². The Kier molecular flexibility index (Phi) is 6.24. The van der Waals surface area contributed by atoms with E-state index in [-0.39, 0.29) is 24.6 Å². The van der Waals surface area contributed by atoms with E-state index in [1.807, 2.05) is 4.90 Å². The molecule has 0 radical (unpaired) electrons. The van der Waals surface area contributed by atoms with Crippen LogP contribution in [-0.4, -0.2) is 62.7 Å². The summed E-state index contributed by atoms with van der Waals surface area (Å²) in [6.07, 6.45) is -1.67. The average molecular weight is 443 g/mol. The van der Waals surface area contributed by atoms with Gasteiger partial charge in [0, 0.05) is 31.8 Å². The molecule has 0 spiro atoms. The highest BCUT2D eigenvalue weighted by molar-refractivity contribution is 5.81. The van der Waals surface area contributed by atoms with E-state index < -0.39 is 6.43 Å². The van der Waals surface area contributed by atoms with E-state index in [2.05, 4.69) is 20.5 Å². The zero-order chi connectivity index (χ0) is 22.7. The van der Waals surface area contributed by atoms with Crippen LogP contribution >= 0.6 is 0 Å². The number of carbonyl (C=O) groups is 1. The minimum atomic E-state index is -2.53. The molecule has 3 heterocycles. The van der Waals surface area contributed by atoms with E-state index in [9.17, 15) is 13.6 Å². The maximum Gasteiger partial charge on any atom is 0.263 e. The molecular weight excluding hydrogens is 420 g/mol. The molecule has 32 heavy (non-hydrogen) atoms. The van der Waals surface area contributed by atoms with Gasteiger partial charge in [-0.05, 0) is 31.5 Å². The van der Waals surface area contributed by atoms with Crippen LogP contribution in [0.1, 0.15) is 29.8 Å². The lowest BCUT2D eigenvalue weighted by atomic mass is 10.2. The van der Waals surface area contributed by atoms with Crippen molar-refractivity contribution >= 4 is 11.7 Å². The van der Waals surface area contributed by atoms with Gasteiger partial charge in [0.05, 0.1) is 17.9 Å². The number of hydrogen-bond acceptors (Lipinski definition) is 7. The van der Waals surface area contributed by atoms with Gasteiger partial charge in [-0.3, -0.25) is 4.79 Å². The number of carbonyl (C=O) groups excluding carboxylic acids is 1. The summed E-state index contributed by atoms with van der Waals surface area (Å²) in [6, 6.07) is 9.31. The molecule has 168 valence electrons. The first-order chi connectivity index (χ1) is 15.4. The number of halogens is 2. The standard InChI is InChI=1S/C21H23F2N7O2/c1-14-17(30(27-24-14)16-6-4-15(5-7-16)21(22)23)13-32-19-9-8-18(25-26-19)29-11-3-10-28(2)20(31)12-29/h4-9,21H,3,10-13H2,1-2H3. The molecule has 0 bridgehead atoms. The van der Waals surface area contributed by atoms with Crippen molar-refractivity contribution in [2.24, 2.45) is 0 Å². The van der Waals surface area contributed by atoms with Crippen LogP contribution in [0.25, 0.3) is 5.69 Å². The van der Waals surface area contributed by atoms with Gasteiger partial charge >= 0.3 is 0 Å². The average Bonchev–Trinajstić information content (AvgIpc) is 3.08. The fourth-order valence-electron chi connectivity index (χ4n) is 3.39. The molecule has 1 aliphatic rings. The van der Waals surface area contributed by atoms with E-state index in [4.69, 9.17) is 4.74 Å². The van der Waals surface area contributed by atoms with Crippen molar-refractivity contribution < 1.29 is 18.3 Å². The summed E-state index contributed by atoms with van der Waals surface area (Å²) >= 11 is 0. The van der Waals surface area contributed by atoms with Crippen LogP contribution in [0, 0.1) is 6.92 Å². The van der Waals surface area contributed by atoms with Crippen LogP contribution < -0.4 is 9.64 Å². The predicted molar refractivity (Wildman–Crippen MR) is 112 cm³/mol. The van der Waals surface area contributed by atoms with Gasteiger partial charge in [0.2, 0.25) is 11.8 Å². The summed E-state index contributed by atoms with van der Waals surface area (Å²) in [7, 11) is 1.79. The molecule has 1 aliphatic heterocycles. The topological polar surface area (TPSA) is 89.3 Å². The van der Waals surface area contributed by atoms with Crippen molar-refractivity contribution in [3.05, 3.63) is 53.3 Å². The summed E-state index contributed by atoms with van der Waals surface area (Å²) in [4.78, 5) is 15.7. The third-order valence-corrected chi connectivity index (χ3v) is 5.33. The highest BCUT2D eigenvalue weighted by Crippen LogP contribution is 2.22. The molecular formula is C21H23F2N7O2. The van der Waals surface area contributed by atoms with Crippen molar-refractivity contribution in [2.75, 3.05) is 31.6 Å². The molecule has 1 aromatic carbocycles. The molecule has 1 amide bonds. The minimum Gasteiger partial charge on any atom is -0.470 e. The van der Waals surface area contributed by atoms with Crippen LogP contribution in [0.4, 0.5) is 14.6 Å². The van der Waals surface area contributed by atoms with Crippen LogP contribution in [0.5, 0.6) is 5.88 Å². The zero-order valence-electron chi connectivity index (χ0n) is 17.8. The van der Waals surface area contributed by atoms with Crippen molar-refractivity contribution in [1.82, 2.24) is 30.1 Å². The number of rotatable bonds is 6. The van der Waals surface area contributed by atoms with Crippen molar-refractivity contribution in [1.29, 1.82) is 0 Å². The molecule has 11 heteroatoms. The number of alkyl halides is 2. The molecule has 0 atom stereocenters. The molecule has 0 aliphatic carbocycles. The van der Waals surface area contributed by atoms with Crippen molar-refractivity contribution in [3.8, 4) is 11.6 Å². The highest BCUT2D eigenvalue weighted by Gasteiger charge is 2.20. The number of anilines is 1. The van der Waals surface area contributed by atoms with Crippen LogP contribution in [-0.2, 0) is 11.4 Å². The summed E-state index contributed by atoms with van der Waals surface area (Å²) in [5.41, 5.74) is 1.86. The Morgan fingerprint density at radius 3 is 2.53 bits per heavy atom. The van der Waals surface area contributed by atoms with Gasteiger partial charge in [0.15, 0.2) is 5.82 Å². The van der Waals surface area contributed by atoms with Crippen molar-refractivity contribution in [3.63, 3.8) is 0 Å². The molecule has 0 unspecified atom stereocenters. The number of benzene rings is 1. The van der Waals surface area contributed by atoms with Gasteiger partial charge in [-0.25, -0.2) is 13.5 Å². The number of aryl methyl sites for hydroxylation is 1. The van der Waals surface area contributed by atoms with Gasteiger partial charge < -0.3 is 14.5 Å². The first kappa shape index (κ1) is 21.6. The highest BCUT2D eigenvalue weighted by atomic mass is 19.3. The van der Waals surface area contributed by atoms with E-state index in [1.165, 1.54) is 12.1 Å².